The molecule has 0 unspecified atom stereocenters. The van der Waals surface area contributed by atoms with Crippen molar-refractivity contribution < 1.29 is 4.52 Å². The average molecular weight is 364 g/mol. The summed E-state index contributed by atoms with van der Waals surface area (Å²) in [4.78, 5) is 21.9. The SMILES string of the molecule is Cc1nc2cc(-c3noc(C4CCCC4)n3)ccc2n(C2CCCC2)c1=O. The molecule has 0 N–H and O–H groups in total. The molecule has 2 aromatic heterocycles. The first-order valence-electron chi connectivity index (χ1n) is 10.1. The topological polar surface area (TPSA) is 73.8 Å². The van der Waals surface area contributed by atoms with E-state index in [2.05, 4.69) is 15.1 Å². The normalized spacial score (nSPS) is 18.7. The molecule has 2 fully saturated rings. The third-order valence-corrected chi connectivity index (χ3v) is 6.15. The van der Waals surface area contributed by atoms with Crippen LogP contribution >= 0.6 is 0 Å². The van der Waals surface area contributed by atoms with E-state index in [0.717, 1.165) is 48.2 Å². The highest BCUT2D eigenvalue weighted by Crippen LogP contribution is 2.34. The van der Waals surface area contributed by atoms with E-state index < -0.39 is 0 Å². The van der Waals surface area contributed by atoms with E-state index in [1.807, 2.05) is 22.8 Å². The summed E-state index contributed by atoms with van der Waals surface area (Å²) >= 11 is 0. The van der Waals surface area contributed by atoms with Gasteiger partial charge in [0.2, 0.25) is 11.7 Å². The van der Waals surface area contributed by atoms with Crippen LogP contribution in [0.25, 0.3) is 22.4 Å². The van der Waals surface area contributed by atoms with Gasteiger partial charge >= 0.3 is 0 Å². The third-order valence-electron chi connectivity index (χ3n) is 6.15. The molecule has 2 heterocycles. The monoisotopic (exact) mass is 364 g/mol. The Labute approximate surface area is 157 Å². The van der Waals surface area contributed by atoms with Gasteiger partial charge in [0.15, 0.2) is 0 Å². The molecule has 0 spiro atoms. The summed E-state index contributed by atoms with van der Waals surface area (Å²) in [6, 6.07) is 6.23. The fraction of sp³-hybridized carbons (Fsp3) is 0.524. The summed E-state index contributed by atoms with van der Waals surface area (Å²) in [5, 5.41) is 4.20. The minimum Gasteiger partial charge on any atom is -0.339 e. The zero-order chi connectivity index (χ0) is 18.4. The molecular weight excluding hydrogens is 340 g/mol. The number of nitrogens with zero attached hydrogens (tertiary/aromatic N) is 4. The van der Waals surface area contributed by atoms with E-state index in [-0.39, 0.29) is 11.6 Å². The van der Waals surface area contributed by atoms with Crippen LogP contribution < -0.4 is 5.56 Å². The Morgan fingerprint density at radius 2 is 1.78 bits per heavy atom. The van der Waals surface area contributed by atoms with Crippen LogP contribution in [0.1, 0.15) is 74.9 Å². The molecule has 27 heavy (non-hydrogen) atoms. The standard InChI is InChI=1S/C21H24N4O2/c1-13-21(26)25(16-8-4-5-9-16)18-11-10-15(12-17(18)22-13)19-23-20(27-24-19)14-6-2-3-7-14/h10-12,14,16H,2-9H2,1H3. The Kier molecular flexibility index (Phi) is 4.06. The summed E-state index contributed by atoms with van der Waals surface area (Å²) in [5.74, 6) is 1.76. The maximum Gasteiger partial charge on any atom is 0.272 e. The van der Waals surface area contributed by atoms with E-state index in [1.54, 1.807) is 6.92 Å². The van der Waals surface area contributed by atoms with Crippen molar-refractivity contribution in [1.82, 2.24) is 19.7 Å². The van der Waals surface area contributed by atoms with Crippen LogP contribution in [0.2, 0.25) is 0 Å². The fourth-order valence-electron chi connectivity index (χ4n) is 4.68. The Bertz CT molecular complexity index is 1040. The maximum atomic E-state index is 12.7. The van der Waals surface area contributed by atoms with Gasteiger partial charge in [-0.25, -0.2) is 4.98 Å². The van der Waals surface area contributed by atoms with Crippen molar-refractivity contribution >= 4 is 11.0 Å². The van der Waals surface area contributed by atoms with Gasteiger partial charge in [-0.05, 0) is 50.8 Å². The first-order chi connectivity index (χ1) is 13.2. The van der Waals surface area contributed by atoms with Crippen LogP contribution in [0.5, 0.6) is 0 Å². The molecule has 0 bridgehead atoms. The fourth-order valence-corrected chi connectivity index (χ4v) is 4.68. The number of aromatic nitrogens is 4. The average Bonchev–Trinajstić information content (AvgIpc) is 3.43. The van der Waals surface area contributed by atoms with Gasteiger partial charge in [-0.1, -0.05) is 30.8 Å². The highest BCUT2D eigenvalue weighted by Gasteiger charge is 2.24. The minimum absolute atomic E-state index is 0.0326. The lowest BCUT2D eigenvalue weighted by Gasteiger charge is -2.17. The first-order valence-corrected chi connectivity index (χ1v) is 10.1. The molecule has 3 aromatic rings. The van der Waals surface area contributed by atoms with E-state index in [0.29, 0.717) is 17.4 Å². The third kappa shape index (κ3) is 2.87. The van der Waals surface area contributed by atoms with Crippen molar-refractivity contribution in [1.29, 1.82) is 0 Å². The lowest BCUT2D eigenvalue weighted by molar-refractivity contribution is 0.354. The van der Waals surface area contributed by atoms with Crippen LogP contribution in [0.3, 0.4) is 0 Å². The summed E-state index contributed by atoms with van der Waals surface area (Å²) in [5.41, 5.74) is 3.19. The molecule has 6 nitrogen and oxygen atoms in total. The van der Waals surface area contributed by atoms with Crippen molar-refractivity contribution in [2.24, 2.45) is 0 Å². The molecular formula is C21H24N4O2. The first kappa shape index (κ1) is 16.7. The van der Waals surface area contributed by atoms with Crippen LogP contribution in [-0.2, 0) is 0 Å². The molecule has 0 amide bonds. The zero-order valence-corrected chi connectivity index (χ0v) is 15.6. The molecule has 0 saturated heterocycles. The van der Waals surface area contributed by atoms with Gasteiger partial charge in [-0.3, -0.25) is 4.79 Å². The van der Waals surface area contributed by atoms with E-state index in [9.17, 15) is 4.79 Å². The van der Waals surface area contributed by atoms with Gasteiger partial charge in [0, 0.05) is 17.5 Å². The van der Waals surface area contributed by atoms with E-state index in [4.69, 9.17) is 4.52 Å². The molecule has 0 radical (unpaired) electrons. The Morgan fingerprint density at radius 1 is 1.04 bits per heavy atom. The zero-order valence-electron chi connectivity index (χ0n) is 15.6. The summed E-state index contributed by atoms with van der Waals surface area (Å²) in [6.45, 7) is 1.80. The van der Waals surface area contributed by atoms with E-state index in [1.165, 1.54) is 25.7 Å². The van der Waals surface area contributed by atoms with Gasteiger partial charge < -0.3 is 9.09 Å². The Morgan fingerprint density at radius 3 is 2.56 bits per heavy atom. The number of aryl methyl sites for hydroxylation is 1. The van der Waals surface area contributed by atoms with Gasteiger partial charge in [0.05, 0.1) is 11.0 Å². The predicted octanol–water partition coefficient (Wildman–Crippen LogP) is 4.53. The van der Waals surface area contributed by atoms with Gasteiger partial charge in [-0.2, -0.15) is 4.98 Å². The van der Waals surface area contributed by atoms with Gasteiger partial charge in [0.1, 0.15) is 5.69 Å². The lowest BCUT2D eigenvalue weighted by Crippen LogP contribution is -2.26. The highest BCUT2D eigenvalue weighted by atomic mass is 16.5. The second kappa shape index (κ2) is 6.59. The Balaban J connectivity index is 1.57. The molecule has 2 saturated carbocycles. The van der Waals surface area contributed by atoms with Crippen LogP contribution in [0.4, 0.5) is 0 Å². The largest absolute Gasteiger partial charge is 0.339 e. The second-order valence-corrected chi connectivity index (χ2v) is 7.95. The minimum atomic E-state index is 0.0326. The van der Waals surface area contributed by atoms with Crippen LogP contribution in [0.15, 0.2) is 27.5 Å². The molecule has 6 heteroatoms. The van der Waals surface area contributed by atoms with Crippen molar-refractivity contribution in [3.63, 3.8) is 0 Å². The number of benzene rings is 1. The molecule has 140 valence electrons. The lowest BCUT2D eigenvalue weighted by atomic mass is 10.1. The molecule has 2 aliphatic rings. The van der Waals surface area contributed by atoms with Crippen molar-refractivity contribution in [3.05, 3.63) is 40.1 Å². The van der Waals surface area contributed by atoms with Crippen molar-refractivity contribution in [3.8, 4) is 11.4 Å². The smallest absolute Gasteiger partial charge is 0.272 e. The summed E-state index contributed by atoms with van der Waals surface area (Å²) < 4.78 is 7.48. The summed E-state index contributed by atoms with van der Waals surface area (Å²) in [6.07, 6.45) is 9.24. The number of hydrogen-bond donors (Lipinski definition) is 0. The highest BCUT2D eigenvalue weighted by molar-refractivity contribution is 5.80. The van der Waals surface area contributed by atoms with Crippen LogP contribution in [0, 0.1) is 6.92 Å². The summed E-state index contributed by atoms with van der Waals surface area (Å²) in [7, 11) is 0. The van der Waals surface area contributed by atoms with Crippen LogP contribution in [-0.4, -0.2) is 19.7 Å². The second-order valence-electron chi connectivity index (χ2n) is 7.95. The molecule has 0 atom stereocenters. The number of fused-ring (bicyclic) bond motifs is 1. The predicted molar refractivity (Wildman–Crippen MR) is 103 cm³/mol. The Hall–Kier alpha value is -2.50. The van der Waals surface area contributed by atoms with Gasteiger partial charge in [0.25, 0.3) is 5.56 Å². The number of hydrogen-bond acceptors (Lipinski definition) is 5. The van der Waals surface area contributed by atoms with Crippen molar-refractivity contribution in [2.75, 3.05) is 0 Å². The van der Waals surface area contributed by atoms with Gasteiger partial charge in [-0.15, -0.1) is 0 Å². The molecule has 2 aliphatic carbocycles. The molecule has 0 aliphatic heterocycles. The maximum absolute atomic E-state index is 12.7. The molecule has 1 aromatic carbocycles. The van der Waals surface area contributed by atoms with E-state index >= 15 is 0 Å². The molecule has 5 rings (SSSR count). The van der Waals surface area contributed by atoms with Crippen molar-refractivity contribution in [2.45, 2.75) is 70.3 Å². The number of rotatable bonds is 3. The quantitative estimate of drug-likeness (QED) is 0.683.